The van der Waals surface area contributed by atoms with Crippen LogP contribution >= 0.6 is 11.3 Å². The predicted molar refractivity (Wildman–Crippen MR) is 92.6 cm³/mol. The zero-order valence-electron chi connectivity index (χ0n) is 13.7. The van der Waals surface area contributed by atoms with E-state index < -0.39 is 5.97 Å². The number of hydrogen-bond acceptors (Lipinski definition) is 5. The number of benzene rings is 1. The Morgan fingerprint density at radius 3 is 2.67 bits per heavy atom. The van der Waals surface area contributed by atoms with E-state index in [1.807, 2.05) is 30.5 Å². The van der Waals surface area contributed by atoms with E-state index in [2.05, 4.69) is 4.98 Å². The van der Waals surface area contributed by atoms with Crippen LogP contribution < -0.4 is 9.47 Å². The normalized spacial score (nSPS) is 11.0. The van der Waals surface area contributed by atoms with E-state index in [1.165, 1.54) is 11.3 Å². The van der Waals surface area contributed by atoms with Gasteiger partial charge >= 0.3 is 5.97 Å². The Labute approximate surface area is 143 Å². The zero-order chi connectivity index (χ0) is 17.3. The number of nitrogens with zero attached hydrogens (tertiary/aromatic N) is 2. The third kappa shape index (κ3) is 2.60. The van der Waals surface area contributed by atoms with Gasteiger partial charge in [0, 0.05) is 10.9 Å². The maximum atomic E-state index is 11.8. The number of fused-ring (bicyclic) bond motifs is 1. The van der Waals surface area contributed by atoms with Crippen molar-refractivity contribution in [3.63, 3.8) is 0 Å². The Morgan fingerprint density at radius 1 is 1.29 bits per heavy atom. The van der Waals surface area contributed by atoms with Gasteiger partial charge in [0.2, 0.25) is 0 Å². The molecule has 0 spiro atoms. The molecule has 6 nitrogen and oxygen atoms in total. The van der Waals surface area contributed by atoms with Gasteiger partial charge in [-0.2, -0.15) is 0 Å². The molecule has 3 aromatic rings. The van der Waals surface area contributed by atoms with Crippen LogP contribution in [0.1, 0.15) is 29.5 Å². The van der Waals surface area contributed by atoms with E-state index >= 15 is 0 Å². The van der Waals surface area contributed by atoms with Crippen LogP contribution in [0.15, 0.2) is 23.6 Å². The van der Waals surface area contributed by atoms with Gasteiger partial charge in [0.05, 0.1) is 25.6 Å². The van der Waals surface area contributed by atoms with Crippen molar-refractivity contribution in [3.8, 4) is 22.8 Å². The minimum Gasteiger partial charge on any atom is -0.493 e. The smallest absolute Gasteiger partial charge is 0.354 e. The molecule has 0 saturated heterocycles. The molecular formula is C17H18N2O4S. The van der Waals surface area contributed by atoms with Crippen molar-refractivity contribution in [2.24, 2.45) is 0 Å². The maximum Gasteiger partial charge on any atom is 0.354 e. The molecule has 0 aliphatic carbocycles. The Balaban J connectivity index is 2.22. The van der Waals surface area contributed by atoms with Gasteiger partial charge in [0.1, 0.15) is 0 Å². The van der Waals surface area contributed by atoms with Gasteiger partial charge in [-0.05, 0) is 24.6 Å². The first kappa shape index (κ1) is 16.3. The highest BCUT2D eigenvalue weighted by molar-refractivity contribution is 7.15. The van der Waals surface area contributed by atoms with Gasteiger partial charge in [0.25, 0.3) is 0 Å². The Bertz CT molecular complexity index is 898. The average Bonchev–Trinajstić information content (AvgIpc) is 3.12. The second kappa shape index (κ2) is 6.52. The van der Waals surface area contributed by atoms with Gasteiger partial charge in [-0.25, -0.2) is 9.78 Å². The van der Waals surface area contributed by atoms with Crippen molar-refractivity contribution >= 4 is 22.3 Å². The molecule has 1 aromatic carbocycles. The van der Waals surface area contributed by atoms with E-state index in [0.29, 0.717) is 28.6 Å². The summed E-state index contributed by atoms with van der Waals surface area (Å²) in [5.74, 6) is 0.259. The van der Waals surface area contributed by atoms with E-state index in [-0.39, 0.29) is 5.69 Å². The fraction of sp³-hybridized carbons (Fsp3) is 0.294. The van der Waals surface area contributed by atoms with Crippen molar-refractivity contribution in [2.45, 2.75) is 19.8 Å². The van der Waals surface area contributed by atoms with Gasteiger partial charge in [0.15, 0.2) is 22.2 Å². The lowest BCUT2D eigenvalue weighted by Gasteiger charge is -2.09. The number of aromatic nitrogens is 2. The number of rotatable bonds is 6. The Kier molecular flexibility index (Phi) is 4.44. The van der Waals surface area contributed by atoms with Crippen LogP contribution in [0.4, 0.5) is 0 Å². The van der Waals surface area contributed by atoms with Gasteiger partial charge in [-0.1, -0.05) is 13.3 Å². The van der Waals surface area contributed by atoms with Crippen molar-refractivity contribution in [3.05, 3.63) is 35.0 Å². The average molecular weight is 346 g/mol. The van der Waals surface area contributed by atoms with Crippen LogP contribution in [0.25, 0.3) is 16.2 Å². The second-order valence-electron chi connectivity index (χ2n) is 5.27. The highest BCUT2D eigenvalue weighted by Gasteiger charge is 2.22. The van der Waals surface area contributed by atoms with Crippen LogP contribution in [0.3, 0.4) is 0 Å². The molecule has 2 aromatic heterocycles. The number of carboxylic acid groups (broad SMARTS) is 1. The van der Waals surface area contributed by atoms with Crippen LogP contribution in [0, 0.1) is 0 Å². The largest absolute Gasteiger partial charge is 0.493 e. The Hall–Kier alpha value is -2.54. The van der Waals surface area contributed by atoms with Crippen molar-refractivity contribution in [1.82, 2.24) is 9.38 Å². The number of carboxylic acids is 1. The number of aromatic carboxylic acids is 1. The minimum absolute atomic E-state index is 0.234. The van der Waals surface area contributed by atoms with Crippen LogP contribution in [-0.2, 0) is 6.42 Å². The molecule has 0 unspecified atom stereocenters. The van der Waals surface area contributed by atoms with Crippen molar-refractivity contribution < 1.29 is 19.4 Å². The number of thiazole rings is 1. The first-order chi connectivity index (χ1) is 11.6. The fourth-order valence-electron chi connectivity index (χ4n) is 2.73. The Morgan fingerprint density at radius 2 is 2.04 bits per heavy atom. The molecule has 0 fully saturated rings. The number of carbonyl (C=O) groups is 1. The summed E-state index contributed by atoms with van der Waals surface area (Å²) in [7, 11) is 3.15. The number of methoxy groups -OCH3 is 2. The second-order valence-corrected chi connectivity index (χ2v) is 6.11. The number of aryl methyl sites for hydroxylation is 1. The number of ether oxygens (including phenoxy) is 2. The molecule has 0 aliphatic heterocycles. The maximum absolute atomic E-state index is 11.8. The lowest BCUT2D eigenvalue weighted by Crippen LogP contribution is -2.06. The van der Waals surface area contributed by atoms with E-state index in [0.717, 1.165) is 17.7 Å². The standard InChI is InChI=1S/C17H18N2O4S/c1-4-5-11-15(16(20)21)19-12(9-24-17(19)18-11)10-6-7-13(22-2)14(8-10)23-3/h6-9H,4-5H2,1-3H3,(H,20,21). The van der Waals surface area contributed by atoms with Crippen molar-refractivity contribution in [1.29, 1.82) is 0 Å². The van der Waals surface area contributed by atoms with E-state index in [1.54, 1.807) is 18.6 Å². The predicted octanol–water partition coefficient (Wildman–Crippen LogP) is 3.73. The molecular weight excluding hydrogens is 328 g/mol. The molecule has 0 radical (unpaired) electrons. The minimum atomic E-state index is -0.967. The molecule has 0 aliphatic rings. The zero-order valence-corrected chi connectivity index (χ0v) is 14.5. The lowest BCUT2D eigenvalue weighted by atomic mass is 10.1. The molecule has 0 bridgehead atoms. The quantitative estimate of drug-likeness (QED) is 0.736. The van der Waals surface area contributed by atoms with E-state index in [9.17, 15) is 9.90 Å². The topological polar surface area (TPSA) is 73.1 Å². The summed E-state index contributed by atoms with van der Waals surface area (Å²) < 4.78 is 12.3. The number of imidazole rings is 1. The van der Waals surface area contributed by atoms with E-state index in [4.69, 9.17) is 9.47 Å². The van der Waals surface area contributed by atoms with Gasteiger partial charge < -0.3 is 14.6 Å². The third-order valence-corrected chi connectivity index (χ3v) is 4.63. The SMILES string of the molecule is CCCc1nc2scc(-c3ccc(OC)c(OC)c3)n2c1C(=O)O. The van der Waals surface area contributed by atoms with Gasteiger partial charge in [-0.3, -0.25) is 4.40 Å². The molecule has 7 heteroatoms. The summed E-state index contributed by atoms with van der Waals surface area (Å²) in [5.41, 5.74) is 2.49. The monoisotopic (exact) mass is 346 g/mol. The summed E-state index contributed by atoms with van der Waals surface area (Å²) in [6, 6.07) is 5.53. The molecule has 3 rings (SSSR count). The number of hydrogen-bond donors (Lipinski definition) is 1. The molecule has 2 heterocycles. The lowest BCUT2D eigenvalue weighted by molar-refractivity contribution is 0.0688. The van der Waals surface area contributed by atoms with Crippen LogP contribution in [-0.4, -0.2) is 34.7 Å². The molecule has 126 valence electrons. The molecule has 0 atom stereocenters. The summed E-state index contributed by atoms with van der Waals surface area (Å²) >= 11 is 1.43. The molecule has 24 heavy (non-hydrogen) atoms. The third-order valence-electron chi connectivity index (χ3n) is 3.80. The van der Waals surface area contributed by atoms with Crippen LogP contribution in [0.2, 0.25) is 0 Å². The fourth-order valence-corrected chi connectivity index (χ4v) is 3.65. The molecule has 0 saturated carbocycles. The molecule has 0 amide bonds. The first-order valence-corrected chi connectivity index (χ1v) is 8.43. The van der Waals surface area contributed by atoms with Crippen molar-refractivity contribution in [2.75, 3.05) is 14.2 Å². The summed E-state index contributed by atoms with van der Waals surface area (Å²) in [5, 5.41) is 11.6. The molecule has 1 N–H and O–H groups in total. The summed E-state index contributed by atoms with van der Waals surface area (Å²) in [6.07, 6.45) is 1.48. The summed E-state index contributed by atoms with van der Waals surface area (Å²) in [4.78, 5) is 16.9. The summed E-state index contributed by atoms with van der Waals surface area (Å²) in [6.45, 7) is 2.01. The van der Waals surface area contributed by atoms with Gasteiger partial charge in [-0.15, -0.1) is 11.3 Å². The van der Waals surface area contributed by atoms with Crippen LogP contribution in [0.5, 0.6) is 11.5 Å². The highest BCUT2D eigenvalue weighted by atomic mass is 32.1. The highest BCUT2D eigenvalue weighted by Crippen LogP contribution is 2.35. The first-order valence-electron chi connectivity index (χ1n) is 7.55.